The van der Waals surface area contributed by atoms with Gasteiger partial charge >= 0.3 is 0 Å². The minimum absolute atomic E-state index is 0.0656. The van der Waals surface area contributed by atoms with E-state index in [1.54, 1.807) is 6.20 Å². The Balaban J connectivity index is 1.74. The Hall–Kier alpha value is -1.58. The number of aryl methyl sites for hydroxylation is 1. The zero-order valence-corrected chi connectivity index (χ0v) is 15.1. The van der Waals surface area contributed by atoms with Crippen LogP contribution in [0.25, 0.3) is 0 Å². The third-order valence-corrected chi connectivity index (χ3v) is 6.24. The zero-order valence-electron chi connectivity index (χ0n) is 13.5. The standard InChI is InChI=1S/C16H18F2N2O3S2/c1-10-8-19-16(24-10)15(11-2-3-11)20-25(21,22)13-6-4-12(5-7-13)23-9-14(17)18/h4-8,11,14-15,20H,2-3,9H2,1H3. The van der Waals surface area contributed by atoms with Crippen LogP contribution in [0, 0.1) is 12.8 Å². The van der Waals surface area contributed by atoms with Crippen LogP contribution in [-0.2, 0) is 10.0 Å². The van der Waals surface area contributed by atoms with Crippen molar-refractivity contribution in [1.82, 2.24) is 9.71 Å². The van der Waals surface area contributed by atoms with Crippen LogP contribution in [-0.4, -0.2) is 26.4 Å². The molecule has 9 heteroatoms. The fraction of sp³-hybridized carbons (Fsp3) is 0.438. The molecule has 0 amide bonds. The van der Waals surface area contributed by atoms with E-state index >= 15 is 0 Å². The predicted molar refractivity (Wildman–Crippen MR) is 90.6 cm³/mol. The van der Waals surface area contributed by atoms with Gasteiger partial charge in [-0.3, -0.25) is 0 Å². The molecule has 1 fully saturated rings. The summed E-state index contributed by atoms with van der Waals surface area (Å²) in [7, 11) is -3.74. The minimum Gasteiger partial charge on any atom is -0.488 e. The van der Waals surface area contributed by atoms with Crippen molar-refractivity contribution in [2.45, 2.75) is 37.1 Å². The van der Waals surface area contributed by atoms with Crippen molar-refractivity contribution in [2.24, 2.45) is 5.92 Å². The van der Waals surface area contributed by atoms with E-state index in [0.717, 1.165) is 22.7 Å². The Bertz CT molecular complexity index is 818. The number of nitrogens with one attached hydrogen (secondary N) is 1. The van der Waals surface area contributed by atoms with Gasteiger partial charge in [-0.2, -0.15) is 0 Å². The molecule has 0 bridgehead atoms. The molecule has 1 saturated carbocycles. The molecule has 3 rings (SSSR count). The van der Waals surface area contributed by atoms with Gasteiger partial charge in [0.1, 0.15) is 17.4 Å². The second kappa shape index (κ2) is 7.35. The monoisotopic (exact) mass is 388 g/mol. The van der Waals surface area contributed by atoms with Gasteiger partial charge in [0.25, 0.3) is 6.43 Å². The summed E-state index contributed by atoms with van der Waals surface area (Å²) in [4.78, 5) is 5.40. The summed E-state index contributed by atoms with van der Waals surface area (Å²) < 4.78 is 57.1. The molecule has 0 aliphatic heterocycles. The number of hydrogen-bond donors (Lipinski definition) is 1. The van der Waals surface area contributed by atoms with Crippen LogP contribution in [0.15, 0.2) is 35.4 Å². The number of sulfonamides is 1. The van der Waals surface area contributed by atoms with Gasteiger partial charge in [0.2, 0.25) is 10.0 Å². The molecule has 1 atom stereocenters. The van der Waals surface area contributed by atoms with E-state index in [9.17, 15) is 17.2 Å². The number of nitrogens with zero attached hydrogens (tertiary/aromatic N) is 1. The number of ether oxygens (including phenoxy) is 1. The normalized spacial score (nSPS) is 16.2. The van der Waals surface area contributed by atoms with Gasteiger partial charge in [0.15, 0.2) is 0 Å². The first kappa shape index (κ1) is 18.2. The average Bonchev–Trinajstić information content (AvgIpc) is 3.32. The Morgan fingerprint density at radius 1 is 1.32 bits per heavy atom. The molecule has 5 nitrogen and oxygen atoms in total. The second-order valence-corrected chi connectivity index (χ2v) is 8.90. The minimum atomic E-state index is -3.74. The highest BCUT2D eigenvalue weighted by Crippen LogP contribution is 2.42. The summed E-state index contributed by atoms with van der Waals surface area (Å²) >= 11 is 1.48. The van der Waals surface area contributed by atoms with E-state index in [1.165, 1.54) is 35.6 Å². The van der Waals surface area contributed by atoms with Crippen LogP contribution in [0.4, 0.5) is 8.78 Å². The maximum atomic E-state index is 12.6. The summed E-state index contributed by atoms with van der Waals surface area (Å²) in [5.41, 5.74) is 0. The van der Waals surface area contributed by atoms with Gasteiger partial charge in [0.05, 0.1) is 10.9 Å². The average molecular weight is 388 g/mol. The van der Waals surface area contributed by atoms with Gasteiger partial charge in [-0.1, -0.05) is 0 Å². The molecular formula is C16H18F2N2O3S2. The summed E-state index contributed by atoms with van der Waals surface area (Å²) in [5.74, 6) is 0.461. The number of benzene rings is 1. The third kappa shape index (κ3) is 4.74. The summed E-state index contributed by atoms with van der Waals surface area (Å²) in [6.07, 6.45) is 1.09. The maximum absolute atomic E-state index is 12.6. The van der Waals surface area contributed by atoms with E-state index in [0.29, 0.717) is 0 Å². The molecule has 1 aromatic carbocycles. The number of rotatable bonds is 8. The summed E-state index contributed by atoms with van der Waals surface area (Å²) in [6.45, 7) is 1.20. The molecule has 1 heterocycles. The zero-order chi connectivity index (χ0) is 18.0. The van der Waals surface area contributed by atoms with Crippen molar-refractivity contribution in [3.8, 4) is 5.75 Å². The Kier molecular flexibility index (Phi) is 5.35. The topological polar surface area (TPSA) is 68.3 Å². The van der Waals surface area contributed by atoms with Crippen molar-refractivity contribution >= 4 is 21.4 Å². The number of aromatic nitrogens is 1. The second-order valence-electron chi connectivity index (χ2n) is 5.92. The number of hydrogen-bond acceptors (Lipinski definition) is 5. The van der Waals surface area contributed by atoms with Crippen LogP contribution in [0.3, 0.4) is 0 Å². The fourth-order valence-corrected chi connectivity index (χ4v) is 4.67. The van der Waals surface area contributed by atoms with E-state index in [4.69, 9.17) is 4.74 Å². The molecule has 25 heavy (non-hydrogen) atoms. The number of alkyl halides is 2. The van der Waals surface area contributed by atoms with Crippen LogP contribution in [0.5, 0.6) is 5.75 Å². The fourth-order valence-electron chi connectivity index (χ4n) is 2.40. The van der Waals surface area contributed by atoms with Crippen LogP contribution < -0.4 is 9.46 Å². The summed E-state index contributed by atoms with van der Waals surface area (Å²) in [5, 5.41) is 0.764. The quantitative estimate of drug-likeness (QED) is 0.751. The number of thiazole rings is 1. The lowest BCUT2D eigenvalue weighted by molar-refractivity contribution is 0.0819. The highest BCUT2D eigenvalue weighted by molar-refractivity contribution is 7.89. The molecular weight excluding hydrogens is 370 g/mol. The van der Waals surface area contributed by atoms with Gasteiger partial charge < -0.3 is 4.74 Å². The number of halogens is 2. The molecule has 1 aromatic heterocycles. The Morgan fingerprint density at radius 2 is 2.00 bits per heavy atom. The highest BCUT2D eigenvalue weighted by atomic mass is 32.2. The van der Waals surface area contributed by atoms with Gasteiger partial charge in [0, 0.05) is 11.1 Å². The lowest BCUT2D eigenvalue weighted by atomic mass is 10.2. The first-order chi connectivity index (χ1) is 11.8. The van der Waals surface area contributed by atoms with Crippen molar-refractivity contribution in [1.29, 1.82) is 0 Å². The Labute approximate surface area is 149 Å². The Morgan fingerprint density at radius 3 is 2.52 bits per heavy atom. The van der Waals surface area contributed by atoms with E-state index in [1.807, 2.05) is 6.92 Å². The van der Waals surface area contributed by atoms with Crippen molar-refractivity contribution in [3.05, 3.63) is 40.3 Å². The van der Waals surface area contributed by atoms with Crippen LogP contribution >= 0.6 is 11.3 Å². The van der Waals surface area contributed by atoms with Gasteiger partial charge in [-0.15, -0.1) is 11.3 Å². The molecule has 136 valence electrons. The molecule has 0 spiro atoms. The van der Waals surface area contributed by atoms with Crippen molar-refractivity contribution < 1.29 is 21.9 Å². The largest absolute Gasteiger partial charge is 0.488 e. The molecule has 1 aliphatic carbocycles. The van der Waals surface area contributed by atoms with Gasteiger partial charge in [-0.25, -0.2) is 26.9 Å². The van der Waals surface area contributed by atoms with E-state index in [2.05, 4.69) is 9.71 Å². The molecule has 0 radical (unpaired) electrons. The molecule has 1 N–H and O–H groups in total. The van der Waals surface area contributed by atoms with E-state index in [-0.39, 0.29) is 22.6 Å². The first-order valence-electron chi connectivity index (χ1n) is 7.81. The first-order valence-corrected chi connectivity index (χ1v) is 10.1. The molecule has 2 aromatic rings. The lowest BCUT2D eigenvalue weighted by Crippen LogP contribution is -2.30. The smallest absolute Gasteiger partial charge is 0.272 e. The van der Waals surface area contributed by atoms with Crippen molar-refractivity contribution in [3.63, 3.8) is 0 Å². The van der Waals surface area contributed by atoms with Gasteiger partial charge in [-0.05, 0) is 49.9 Å². The van der Waals surface area contributed by atoms with Crippen LogP contribution in [0.2, 0.25) is 0 Å². The summed E-state index contributed by atoms with van der Waals surface area (Å²) in [6, 6.07) is 5.10. The predicted octanol–water partition coefficient (Wildman–Crippen LogP) is 3.53. The van der Waals surface area contributed by atoms with Crippen LogP contribution in [0.1, 0.15) is 28.8 Å². The highest BCUT2D eigenvalue weighted by Gasteiger charge is 2.37. The van der Waals surface area contributed by atoms with E-state index < -0.39 is 23.1 Å². The third-order valence-electron chi connectivity index (χ3n) is 3.79. The molecule has 0 saturated heterocycles. The SMILES string of the molecule is Cc1cnc(C(NS(=O)(=O)c2ccc(OCC(F)F)cc2)C2CC2)s1. The van der Waals surface area contributed by atoms with Crippen molar-refractivity contribution in [2.75, 3.05) is 6.61 Å². The maximum Gasteiger partial charge on any atom is 0.272 e. The molecule has 1 aliphatic rings. The molecule has 1 unspecified atom stereocenters. The lowest BCUT2D eigenvalue weighted by Gasteiger charge is -2.16.